The van der Waals surface area contributed by atoms with Crippen LogP contribution in [0, 0.1) is 6.92 Å². The molecular formula is C12H14N2O3S. The first-order valence-corrected chi connectivity index (χ1v) is 6.28. The Morgan fingerprint density at radius 2 is 2.39 bits per heavy atom. The topological polar surface area (TPSA) is 64.4 Å². The van der Waals surface area contributed by atoms with Gasteiger partial charge in [0.05, 0.1) is 11.6 Å². The predicted molar refractivity (Wildman–Crippen MR) is 67.4 cm³/mol. The third kappa shape index (κ3) is 3.18. The van der Waals surface area contributed by atoms with Crippen LogP contribution in [0.25, 0.3) is 0 Å². The van der Waals surface area contributed by atoms with E-state index in [1.807, 2.05) is 6.92 Å². The second-order valence-corrected chi connectivity index (χ2v) is 5.05. The number of amides is 1. The zero-order valence-electron chi connectivity index (χ0n) is 10.2. The number of hydrogen-bond donors (Lipinski definition) is 1. The van der Waals surface area contributed by atoms with Crippen LogP contribution >= 0.6 is 11.3 Å². The average Bonchev–Trinajstić information content (AvgIpc) is 2.96. The molecule has 0 unspecified atom stereocenters. The van der Waals surface area contributed by atoms with Gasteiger partial charge in [-0.25, -0.2) is 4.98 Å². The van der Waals surface area contributed by atoms with E-state index in [4.69, 9.17) is 9.15 Å². The maximum atomic E-state index is 11.8. The van der Waals surface area contributed by atoms with Gasteiger partial charge in [-0.15, -0.1) is 11.3 Å². The Balaban J connectivity index is 1.90. The summed E-state index contributed by atoms with van der Waals surface area (Å²) < 4.78 is 10.3. The third-order valence-electron chi connectivity index (χ3n) is 2.26. The standard InChI is InChI=1S/C12H14N2O3S/c1-8-13-5-10(18-8)6-14-12(15)11-4-3-9(17-11)7-16-2/h3-5H,6-7H2,1-2H3,(H,14,15). The highest BCUT2D eigenvalue weighted by molar-refractivity contribution is 7.11. The number of methoxy groups -OCH3 is 1. The Hall–Kier alpha value is -1.66. The minimum atomic E-state index is -0.233. The molecule has 0 atom stereocenters. The van der Waals surface area contributed by atoms with Gasteiger partial charge in [-0.3, -0.25) is 4.79 Å². The molecule has 0 spiro atoms. The van der Waals surface area contributed by atoms with E-state index >= 15 is 0 Å². The van der Waals surface area contributed by atoms with Crippen molar-refractivity contribution in [3.05, 3.63) is 39.7 Å². The quantitative estimate of drug-likeness (QED) is 0.900. The fourth-order valence-electron chi connectivity index (χ4n) is 1.46. The highest BCUT2D eigenvalue weighted by Crippen LogP contribution is 2.12. The summed E-state index contributed by atoms with van der Waals surface area (Å²) >= 11 is 1.56. The lowest BCUT2D eigenvalue weighted by Gasteiger charge is -2.00. The van der Waals surface area contributed by atoms with E-state index in [1.165, 1.54) is 0 Å². The maximum absolute atomic E-state index is 11.8. The molecule has 96 valence electrons. The summed E-state index contributed by atoms with van der Waals surface area (Å²) in [6.45, 7) is 2.76. The van der Waals surface area contributed by atoms with Crippen LogP contribution in [-0.4, -0.2) is 18.0 Å². The van der Waals surface area contributed by atoms with E-state index < -0.39 is 0 Å². The first-order valence-electron chi connectivity index (χ1n) is 5.46. The van der Waals surface area contributed by atoms with Crippen LogP contribution in [0.1, 0.15) is 26.2 Å². The number of hydrogen-bond acceptors (Lipinski definition) is 5. The van der Waals surface area contributed by atoms with E-state index in [0.717, 1.165) is 9.88 Å². The molecule has 2 aromatic rings. The zero-order valence-corrected chi connectivity index (χ0v) is 11.0. The molecule has 2 heterocycles. The van der Waals surface area contributed by atoms with Crippen LogP contribution in [0.15, 0.2) is 22.7 Å². The second kappa shape index (κ2) is 5.79. The lowest BCUT2D eigenvalue weighted by Crippen LogP contribution is -2.21. The zero-order chi connectivity index (χ0) is 13.0. The summed E-state index contributed by atoms with van der Waals surface area (Å²) in [5.74, 6) is 0.697. The van der Waals surface area contributed by atoms with E-state index in [0.29, 0.717) is 24.7 Å². The van der Waals surface area contributed by atoms with Crippen LogP contribution in [0.2, 0.25) is 0 Å². The number of nitrogens with one attached hydrogen (secondary N) is 1. The van der Waals surface area contributed by atoms with Crippen molar-refractivity contribution in [3.63, 3.8) is 0 Å². The summed E-state index contributed by atoms with van der Waals surface area (Å²) in [6.07, 6.45) is 1.76. The molecule has 18 heavy (non-hydrogen) atoms. The molecule has 1 N–H and O–H groups in total. The number of carbonyl (C=O) groups excluding carboxylic acids is 1. The van der Waals surface area contributed by atoms with Crippen LogP contribution in [0.5, 0.6) is 0 Å². The van der Waals surface area contributed by atoms with Gasteiger partial charge in [-0.05, 0) is 19.1 Å². The Labute approximate surface area is 109 Å². The lowest BCUT2D eigenvalue weighted by molar-refractivity contribution is 0.0915. The Bertz CT molecular complexity index is 533. The number of aromatic nitrogens is 1. The highest BCUT2D eigenvalue weighted by atomic mass is 32.1. The van der Waals surface area contributed by atoms with Gasteiger partial charge >= 0.3 is 0 Å². The third-order valence-corrected chi connectivity index (χ3v) is 3.18. The number of furan rings is 1. The molecule has 2 aromatic heterocycles. The molecule has 0 saturated heterocycles. The Morgan fingerprint density at radius 1 is 1.56 bits per heavy atom. The summed E-state index contributed by atoms with van der Waals surface area (Å²) in [6, 6.07) is 3.37. The van der Waals surface area contributed by atoms with Crippen LogP contribution in [0.4, 0.5) is 0 Å². The monoisotopic (exact) mass is 266 g/mol. The van der Waals surface area contributed by atoms with Crippen LogP contribution in [0.3, 0.4) is 0 Å². The summed E-state index contributed by atoms with van der Waals surface area (Å²) in [4.78, 5) is 16.9. The molecule has 0 saturated carbocycles. The van der Waals surface area contributed by atoms with Gasteiger partial charge in [0.25, 0.3) is 5.91 Å². The number of carbonyl (C=O) groups is 1. The summed E-state index contributed by atoms with van der Waals surface area (Å²) in [7, 11) is 1.58. The molecule has 0 fully saturated rings. The Morgan fingerprint density at radius 3 is 3.06 bits per heavy atom. The SMILES string of the molecule is COCc1ccc(C(=O)NCc2cnc(C)s2)o1. The van der Waals surface area contributed by atoms with Gasteiger partial charge in [0.2, 0.25) is 0 Å². The van der Waals surface area contributed by atoms with Crippen molar-refractivity contribution in [1.29, 1.82) is 0 Å². The molecular weight excluding hydrogens is 252 g/mol. The molecule has 5 nitrogen and oxygen atoms in total. The first-order chi connectivity index (χ1) is 8.69. The molecule has 0 aliphatic carbocycles. The number of aryl methyl sites for hydroxylation is 1. The molecule has 2 rings (SSSR count). The summed E-state index contributed by atoms with van der Waals surface area (Å²) in [5.41, 5.74) is 0. The van der Waals surface area contributed by atoms with Crippen molar-refractivity contribution in [1.82, 2.24) is 10.3 Å². The van der Waals surface area contributed by atoms with Crippen molar-refractivity contribution in [2.75, 3.05) is 7.11 Å². The molecule has 0 aromatic carbocycles. The van der Waals surface area contributed by atoms with Gasteiger partial charge in [0.1, 0.15) is 12.4 Å². The number of rotatable bonds is 5. The van der Waals surface area contributed by atoms with Gasteiger partial charge in [0.15, 0.2) is 5.76 Å². The minimum absolute atomic E-state index is 0.233. The Kier molecular flexibility index (Phi) is 4.11. The molecule has 0 aliphatic heterocycles. The maximum Gasteiger partial charge on any atom is 0.287 e. The van der Waals surface area contributed by atoms with Crippen molar-refractivity contribution in [3.8, 4) is 0 Å². The lowest BCUT2D eigenvalue weighted by atomic mass is 10.4. The molecule has 0 bridgehead atoms. The van der Waals surface area contributed by atoms with Gasteiger partial charge in [-0.2, -0.15) is 0 Å². The van der Waals surface area contributed by atoms with E-state index in [1.54, 1.807) is 36.8 Å². The largest absolute Gasteiger partial charge is 0.453 e. The van der Waals surface area contributed by atoms with Crippen molar-refractivity contribution < 1.29 is 13.9 Å². The number of thiazole rings is 1. The first kappa shape index (κ1) is 12.8. The fourth-order valence-corrected chi connectivity index (χ4v) is 2.20. The number of nitrogens with zero attached hydrogens (tertiary/aromatic N) is 1. The molecule has 1 amide bonds. The van der Waals surface area contributed by atoms with E-state index in [-0.39, 0.29) is 5.91 Å². The molecule has 0 radical (unpaired) electrons. The average molecular weight is 266 g/mol. The highest BCUT2D eigenvalue weighted by Gasteiger charge is 2.11. The van der Waals surface area contributed by atoms with Gasteiger partial charge in [-0.1, -0.05) is 0 Å². The van der Waals surface area contributed by atoms with Crippen LogP contribution < -0.4 is 5.32 Å². The smallest absolute Gasteiger partial charge is 0.287 e. The summed E-state index contributed by atoms with van der Waals surface area (Å²) in [5, 5.41) is 3.77. The van der Waals surface area contributed by atoms with Gasteiger partial charge in [0, 0.05) is 18.2 Å². The second-order valence-electron chi connectivity index (χ2n) is 3.73. The normalized spacial score (nSPS) is 10.6. The fraction of sp³-hybridized carbons (Fsp3) is 0.333. The van der Waals surface area contributed by atoms with Crippen molar-refractivity contribution >= 4 is 17.2 Å². The van der Waals surface area contributed by atoms with Crippen molar-refractivity contribution in [2.45, 2.75) is 20.1 Å². The van der Waals surface area contributed by atoms with E-state index in [9.17, 15) is 4.79 Å². The van der Waals surface area contributed by atoms with Crippen LogP contribution in [-0.2, 0) is 17.9 Å². The van der Waals surface area contributed by atoms with E-state index in [2.05, 4.69) is 10.3 Å². The predicted octanol–water partition coefficient (Wildman–Crippen LogP) is 2.12. The van der Waals surface area contributed by atoms with Crippen molar-refractivity contribution in [2.24, 2.45) is 0 Å². The van der Waals surface area contributed by atoms with Gasteiger partial charge < -0.3 is 14.5 Å². The number of ether oxygens (including phenoxy) is 1. The molecule has 6 heteroatoms. The molecule has 0 aliphatic rings. The minimum Gasteiger partial charge on any atom is -0.453 e.